The van der Waals surface area contributed by atoms with Crippen molar-refractivity contribution >= 4 is 16.8 Å². The molecule has 0 aliphatic heterocycles. The molecule has 0 radical (unpaired) electrons. The van der Waals surface area contributed by atoms with E-state index < -0.39 is 23.1 Å². The van der Waals surface area contributed by atoms with Gasteiger partial charge >= 0.3 is 11.9 Å². The molecule has 1 aromatic carbocycles. The summed E-state index contributed by atoms with van der Waals surface area (Å²) < 4.78 is 41.8. The predicted molar refractivity (Wildman–Crippen MR) is 46.2 cm³/mol. The first-order valence-electron chi connectivity index (χ1n) is 3.87. The third kappa shape index (κ3) is 1.56. The highest BCUT2D eigenvalue weighted by Crippen LogP contribution is 2.35. The van der Waals surface area contributed by atoms with Gasteiger partial charge in [0.25, 0.3) is 0 Å². The summed E-state index contributed by atoms with van der Waals surface area (Å²) in [7, 11) is 0. The Hall–Kier alpha value is -1.92. The number of rotatable bonds is 0. The SMILES string of the molecule is Nc1cc(C(F)(F)F)c2oc(=O)[nH]c2c1. The van der Waals surface area contributed by atoms with Gasteiger partial charge in [0, 0.05) is 5.69 Å². The lowest BCUT2D eigenvalue weighted by Gasteiger charge is -2.06. The molecule has 0 bridgehead atoms. The molecule has 0 saturated carbocycles. The fourth-order valence-corrected chi connectivity index (χ4v) is 1.29. The van der Waals surface area contributed by atoms with Crippen LogP contribution in [0.25, 0.3) is 11.1 Å². The Labute approximate surface area is 80.5 Å². The minimum Gasteiger partial charge on any atom is -0.407 e. The Kier molecular flexibility index (Phi) is 1.79. The lowest BCUT2D eigenvalue weighted by atomic mass is 10.1. The van der Waals surface area contributed by atoms with Gasteiger partial charge in [-0.25, -0.2) is 4.79 Å². The number of aromatic nitrogens is 1. The van der Waals surface area contributed by atoms with Gasteiger partial charge in [-0.15, -0.1) is 0 Å². The zero-order chi connectivity index (χ0) is 11.2. The fraction of sp³-hybridized carbons (Fsp3) is 0.125. The van der Waals surface area contributed by atoms with E-state index in [0.29, 0.717) is 0 Å². The topological polar surface area (TPSA) is 72.0 Å². The van der Waals surface area contributed by atoms with Crippen LogP contribution in [0.4, 0.5) is 18.9 Å². The highest BCUT2D eigenvalue weighted by molar-refractivity contribution is 5.80. The summed E-state index contributed by atoms with van der Waals surface area (Å²) >= 11 is 0. The summed E-state index contributed by atoms with van der Waals surface area (Å²) in [4.78, 5) is 12.9. The smallest absolute Gasteiger partial charge is 0.407 e. The van der Waals surface area contributed by atoms with Gasteiger partial charge < -0.3 is 10.2 Å². The molecule has 0 atom stereocenters. The Morgan fingerprint density at radius 3 is 2.60 bits per heavy atom. The van der Waals surface area contributed by atoms with Crippen LogP contribution in [0.5, 0.6) is 0 Å². The van der Waals surface area contributed by atoms with E-state index >= 15 is 0 Å². The number of nitrogens with one attached hydrogen (secondary N) is 1. The normalized spacial score (nSPS) is 12.2. The largest absolute Gasteiger partial charge is 0.420 e. The molecule has 2 aromatic rings. The van der Waals surface area contributed by atoms with Crippen molar-refractivity contribution in [3.63, 3.8) is 0 Å². The van der Waals surface area contributed by atoms with E-state index in [2.05, 4.69) is 9.40 Å². The maximum Gasteiger partial charge on any atom is 0.420 e. The van der Waals surface area contributed by atoms with E-state index in [1.54, 1.807) is 0 Å². The summed E-state index contributed by atoms with van der Waals surface area (Å²) in [5.41, 5.74) is 3.53. The van der Waals surface area contributed by atoms with Crippen LogP contribution in [0, 0.1) is 0 Å². The highest BCUT2D eigenvalue weighted by Gasteiger charge is 2.35. The number of halogens is 3. The van der Waals surface area contributed by atoms with Crippen LogP contribution in [0.15, 0.2) is 21.3 Å². The van der Waals surface area contributed by atoms with E-state index in [9.17, 15) is 18.0 Å². The summed E-state index contributed by atoms with van der Waals surface area (Å²) in [5.74, 6) is -0.943. The van der Waals surface area contributed by atoms with Crippen molar-refractivity contribution in [1.82, 2.24) is 4.98 Å². The molecule has 1 heterocycles. The van der Waals surface area contributed by atoms with Crippen LogP contribution in [0.2, 0.25) is 0 Å². The molecule has 7 heteroatoms. The van der Waals surface area contributed by atoms with E-state index in [4.69, 9.17) is 5.73 Å². The number of nitrogens with two attached hydrogens (primary N) is 1. The molecule has 15 heavy (non-hydrogen) atoms. The minimum atomic E-state index is -4.61. The van der Waals surface area contributed by atoms with Crippen LogP contribution in [0.3, 0.4) is 0 Å². The number of anilines is 1. The van der Waals surface area contributed by atoms with Gasteiger partial charge in [-0.2, -0.15) is 13.2 Å². The third-order valence-corrected chi connectivity index (χ3v) is 1.85. The molecule has 80 valence electrons. The molecule has 4 nitrogen and oxygen atoms in total. The lowest BCUT2D eigenvalue weighted by Crippen LogP contribution is -2.06. The molecule has 0 unspecified atom stereocenters. The summed E-state index contributed by atoms with van der Waals surface area (Å²) in [5, 5.41) is 0. The molecule has 0 amide bonds. The van der Waals surface area contributed by atoms with Crippen molar-refractivity contribution in [2.24, 2.45) is 0 Å². The monoisotopic (exact) mass is 218 g/mol. The van der Waals surface area contributed by atoms with Crippen molar-refractivity contribution in [2.45, 2.75) is 6.18 Å². The van der Waals surface area contributed by atoms with Crippen molar-refractivity contribution in [3.8, 4) is 0 Å². The zero-order valence-electron chi connectivity index (χ0n) is 7.18. The van der Waals surface area contributed by atoms with Crippen molar-refractivity contribution < 1.29 is 17.6 Å². The van der Waals surface area contributed by atoms with Gasteiger partial charge in [-0.05, 0) is 12.1 Å². The fourth-order valence-electron chi connectivity index (χ4n) is 1.29. The standard InChI is InChI=1S/C8H5F3N2O2/c9-8(10,11)4-1-3(12)2-5-6(4)15-7(14)13-5/h1-2H,12H2,(H,13,14). The predicted octanol–water partition coefficient (Wildman–Crippen LogP) is 1.72. The summed E-state index contributed by atoms with van der Waals surface area (Å²) in [6.07, 6.45) is -4.61. The average Bonchev–Trinajstić information content (AvgIpc) is 2.41. The number of aromatic amines is 1. The molecule has 0 aliphatic carbocycles. The zero-order valence-corrected chi connectivity index (χ0v) is 7.18. The number of alkyl halides is 3. The molecule has 0 aliphatic rings. The van der Waals surface area contributed by atoms with Crippen LogP contribution in [-0.2, 0) is 6.18 Å². The average molecular weight is 218 g/mol. The maximum atomic E-state index is 12.5. The van der Waals surface area contributed by atoms with Gasteiger partial charge in [0.1, 0.15) is 5.56 Å². The Morgan fingerprint density at radius 1 is 1.33 bits per heavy atom. The number of benzene rings is 1. The van der Waals surface area contributed by atoms with E-state index in [-0.39, 0.29) is 11.2 Å². The molecule has 1 aromatic heterocycles. The second-order valence-corrected chi connectivity index (χ2v) is 2.96. The molecule has 2 rings (SSSR count). The first-order chi connectivity index (χ1) is 6.88. The Balaban J connectivity index is 2.88. The molecular weight excluding hydrogens is 213 g/mol. The summed E-state index contributed by atoms with van der Waals surface area (Å²) in [6, 6.07) is 1.93. The van der Waals surface area contributed by atoms with Crippen LogP contribution in [0.1, 0.15) is 5.56 Å². The van der Waals surface area contributed by atoms with Gasteiger partial charge in [-0.1, -0.05) is 0 Å². The van der Waals surface area contributed by atoms with Crippen LogP contribution in [-0.4, -0.2) is 4.98 Å². The molecule has 3 N–H and O–H groups in total. The number of hydrogen-bond donors (Lipinski definition) is 2. The number of nitrogen functional groups attached to an aromatic ring is 1. The van der Waals surface area contributed by atoms with Gasteiger partial charge in [0.15, 0.2) is 5.58 Å². The first kappa shape index (κ1) is 9.63. The Bertz CT molecular complexity index is 567. The van der Waals surface area contributed by atoms with Crippen LogP contribution < -0.4 is 11.5 Å². The third-order valence-electron chi connectivity index (χ3n) is 1.85. The van der Waals surface area contributed by atoms with Gasteiger partial charge in [0.05, 0.1) is 5.52 Å². The molecule has 0 saturated heterocycles. The molecular formula is C8H5F3N2O2. The van der Waals surface area contributed by atoms with Crippen molar-refractivity contribution in [3.05, 3.63) is 28.2 Å². The number of H-pyrrole nitrogens is 1. The molecule has 0 spiro atoms. The second kappa shape index (κ2) is 2.78. The lowest BCUT2D eigenvalue weighted by molar-refractivity contribution is -0.136. The number of oxazole rings is 1. The first-order valence-corrected chi connectivity index (χ1v) is 3.87. The summed E-state index contributed by atoms with van der Waals surface area (Å²) in [6.45, 7) is 0. The number of fused-ring (bicyclic) bond motifs is 1. The minimum absolute atomic E-state index is 0.0627. The van der Waals surface area contributed by atoms with Crippen molar-refractivity contribution in [1.29, 1.82) is 0 Å². The van der Waals surface area contributed by atoms with E-state index in [1.165, 1.54) is 6.07 Å². The quantitative estimate of drug-likeness (QED) is 0.661. The highest BCUT2D eigenvalue weighted by atomic mass is 19.4. The van der Waals surface area contributed by atoms with E-state index in [1.807, 2.05) is 0 Å². The maximum absolute atomic E-state index is 12.5. The Morgan fingerprint density at radius 2 is 2.00 bits per heavy atom. The van der Waals surface area contributed by atoms with Gasteiger partial charge in [-0.3, -0.25) is 4.98 Å². The molecule has 0 fully saturated rings. The van der Waals surface area contributed by atoms with E-state index in [0.717, 1.165) is 6.07 Å². The number of hydrogen-bond acceptors (Lipinski definition) is 3. The van der Waals surface area contributed by atoms with Gasteiger partial charge in [0.2, 0.25) is 0 Å². The second-order valence-electron chi connectivity index (χ2n) is 2.96. The van der Waals surface area contributed by atoms with Crippen molar-refractivity contribution in [2.75, 3.05) is 5.73 Å². The van der Waals surface area contributed by atoms with Crippen LogP contribution >= 0.6 is 0 Å².